The number of nitrogens with one attached hydrogen (secondary N) is 1. The minimum atomic E-state index is 0.635. The third kappa shape index (κ3) is 4.44. The number of benzene rings is 1. The Morgan fingerprint density at radius 1 is 1.33 bits per heavy atom. The Balaban J connectivity index is 1.43. The van der Waals surface area contributed by atoms with Crippen LogP contribution in [0.15, 0.2) is 29.6 Å². The van der Waals surface area contributed by atoms with Crippen molar-refractivity contribution in [2.75, 3.05) is 13.7 Å². The van der Waals surface area contributed by atoms with Crippen LogP contribution in [0.4, 0.5) is 0 Å². The molecule has 1 aliphatic carbocycles. The van der Waals surface area contributed by atoms with Crippen molar-refractivity contribution in [1.29, 1.82) is 0 Å². The quantitative estimate of drug-likeness (QED) is 0.814. The Hall–Kier alpha value is -1.59. The first-order valence-electron chi connectivity index (χ1n) is 7.27. The Morgan fingerprint density at radius 2 is 2.19 bits per heavy atom. The molecule has 1 fully saturated rings. The number of rotatable bonds is 8. The average molecular weight is 304 g/mol. The second-order valence-corrected chi connectivity index (χ2v) is 6.11. The van der Waals surface area contributed by atoms with Crippen LogP contribution in [0.3, 0.4) is 0 Å². The zero-order valence-corrected chi connectivity index (χ0v) is 13.0. The van der Waals surface area contributed by atoms with Gasteiger partial charge in [-0.25, -0.2) is 4.98 Å². The van der Waals surface area contributed by atoms with E-state index in [4.69, 9.17) is 9.47 Å². The van der Waals surface area contributed by atoms with Gasteiger partial charge in [0.1, 0.15) is 11.5 Å². The van der Waals surface area contributed by atoms with Crippen molar-refractivity contribution in [1.82, 2.24) is 10.3 Å². The smallest absolute Gasteiger partial charge is 0.123 e. The molecule has 1 aromatic carbocycles. The van der Waals surface area contributed by atoms with Crippen LogP contribution in [0.25, 0.3) is 0 Å². The van der Waals surface area contributed by atoms with Crippen LogP contribution in [0.2, 0.25) is 0 Å². The van der Waals surface area contributed by atoms with Gasteiger partial charge in [-0.1, -0.05) is 6.07 Å². The Labute approximate surface area is 129 Å². The van der Waals surface area contributed by atoms with Gasteiger partial charge >= 0.3 is 0 Å². The van der Waals surface area contributed by atoms with Crippen molar-refractivity contribution in [3.05, 3.63) is 40.3 Å². The number of hydrogen-bond donors (Lipinski definition) is 1. The Morgan fingerprint density at radius 3 is 3.00 bits per heavy atom. The fourth-order valence-corrected chi connectivity index (χ4v) is 2.81. The molecule has 1 saturated carbocycles. The Kier molecular flexibility index (Phi) is 4.72. The lowest BCUT2D eigenvalue weighted by atomic mass is 10.3. The van der Waals surface area contributed by atoms with Crippen LogP contribution >= 0.6 is 11.3 Å². The molecule has 0 aliphatic heterocycles. The lowest BCUT2D eigenvalue weighted by molar-refractivity contribution is 0.318. The highest BCUT2D eigenvalue weighted by molar-refractivity contribution is 7.09. The fourth-order valence-electron chi connectivity index (χ4n) is 2.03. The van der Waals surface area contributed by atoms with Gasteiger partial charge in [0, 0.05) is 30.5 Å². The van der Waals surface area contributed by atoms with Crippen molar-refractivity contribution in [2.45, 2.75) is 31.8 Å². The first-order chi connectivity index (χ1) is 10.3. The maximum Gasteiger partial charge on any atom is 0.123 e. The summed E-state index contributed by atoms with van der Waals surface area (Å²) in [6.07, 6.45) is 3.46. The average Bonchev–Trinajstić information content (AvgIpc) is 3.24. The molecule has 112 valence electrons. The second-order valence-electron chi connectivity index (χ2n) is 5.17. The van der Waals surface area contributed by atoms with E-state index in [9.17, 15) is 0 Å². The van der Waals surface area contributed by atoms with E-state index in [1.54, 1.807) is 18.4 Å². The number of methoxy groups -OCH3 is 1. The number of ether oxygens (including phenoxy) is 2. The van der Waals surface area contributed by atoms with Crippen molar-refractivity contribution in [2.24, 2.45) is 0 Å². The summed E-state index contributed by atoms with van der Waals surface area (Å²) >= 11 is 1.71. The number of thiazole rings is 1. The predicted molar refractivity (Wildman–Crippen MR) is 84.2 cm³/mol. The van der Waals surface area contributed by atoms with Gasteiger partial charge in [-0.15, -0.1) is 11.3 Å². The van der Waals surface area contributed by atoms with Gasteiger partial charge in [0.25, 0.3) is 0 Å². The topological polar surface area (TPSA) is 43.4 Å². The summed E-state index contributed by atoms with van der Waals surface area (Å²) in [7, 11) is 1.66. The molecule has 0 spiro atoms. The van der Waals surface area contributed by atoms with E-state index in [2.05, 4.69) is 15.7 Å². The molecule has 3 rings (SSSR count). The minimum absolute atomic E-state index is 0.635. The third-order valence-electron chi connectivity index (χ3n) is 3.37. The van der Waals surface area contributed by atoms with E-state index >= 15 is 0 Å². The van der Waals surface area contributed by atoms with E-state index in [1.807, 2.05) is 24.3 Å². The van der Waals surface area contributed by atoms with Gasteiger partial charge in [0.15, 0.2) is 0 Å². The van der Waals surface area contributed by atoms with Gasteiger partial charge < -0.3 is 14.8 Å². The zero-order valence-electron chi connectivity index (χ0n) is 12.2. The molecule has 1 aromatic heterocycles. The molecular formula is C16H20N2O2S. The molecular weight excluding hydrogens is 284 g/mol. The maximum absolute atomic E-state index is 5.74. The number of nitrogens with zero attached hydrogens (tertiary/aromatic N) is 1. The van der Waals surface area contributed by atoms with Crippen LogP contribution < -0.4 is 14.8 Å². The van der Waals surface area contributed by atoms with Crippen LogP contribution in [0.1, 0.15) is 23.5 Å². The molecule has 0 unspecified atom stereocenters. The summed E-state index contributed by atoms with van der Waals surface area (Å²) in [4.78, 5) is 4.63. The van der Waals surface area contributed by atoms with Gasteiger partial charge in [-0.05, 0) is 25.0 Å². The van der Waals surface area contributed by atoms with Crippen molar-refractivity contribution in [3.63, 3.8) is 0 Å². The SMILES string of the molecule is COc1cccc(OCCc2nc(CNC3CC3)cs2)c1. The molecule has 5 heteroatoms. The van der Waals surface area contributed by atoms with E-state index < -0.39 is 0 Å². The van der Waals surface area contributed by atoms with Crippen LogP contribution in [0, 0.1) is 0 Å². The second kappa shape index (κ2) is 6.91. The first kappa shape index (κ1) is 14.4. The number of hydrogen-bond acceptors (Lipinski definition) is 5. The van der Waals surface area contributed by atoms with Gasteiger partial charge in [-0.2, -0.15) is 0 Å². The molecule has 21 heavy (non-hydrogen) atoms. The first-order valence-corrected chi connectivity index (χ1v) is 8.15. The van der Waals surface area contributed by atoms with E-state index in [-0.39, 0.29) is 0 Å². The van der Waals surface area contributed by atoms with Gasteiger partial charge in [0.05, 0.1) is 24.4 Å². The normalized spacial score (nSPS) is 14.1. The lowest BCUT2D eigenvalue weighted by Crippen LogP contribution is -2.15. The summed E-state index contributed by atoms with van der Waals surface area (Å²) < 4.78 is 10.9. The predicted octanol–water partition coefficient (Wildman–Crippen LogP) is 3.03. The van der Waals surface area contributed by atoms with E-state index in [0.717, 1.165) is 41.2 Å². The summed E-state index contributed by atoms with van der Waals surface area (Å²) in [6.45, 7) is 1.52. The summed E-state index contributed by atoms with van der Waals surface area (Å²) in [5.74, 6) is 1.65. The van der Waals surface area contributed by atoms with Crippen molar-refractivity contribution < 1.29 is 9.47 Å². The third-order valence-corrected chi connectivity index (χ3v) is 4.33. The molecule has 0 bridgehead atoms. The van der Waals surface area contributed by atoms with Crippen LogP contribution in [-0.2, 0) is 13.0 Å². The number of aromatic nitrogens is 1. The fraction of sp³-hybridized carbons (Fsp3) is 0.438. The zero-order chi connectivity index (χ0) is 14.5. The molecule has 1 N–H and O–H groups in total. The highest BCUT2D eigenvalue weighted by Crippen LogP contribution is 2.21. The summed E-state index contributed by atoms with van der Waals surface area (Å²) in [6, 6.07) is 8.40. The van der Waals surface area contributed by atoms with Crippen molar-refractivity contribution >= 4 is 11.3 Å². The highest BCUT2D eigenvalue weighted by atomic mass is 32.1. The molecule has 0 atom stereocenters. The summed E-state index contributed by atoms with van der Waals surface area (Å²) in [5, 5.41) is 6.75. The van der Waals surface area contributed by atoms with Crippen molar-refractivity contribution in [3.8, 4) is 11.5 Å². The lowest BCUT2D eigenvalue weighted by Gasteiger charge is -2.06. The molecule has 0 saturated heterocycles. The van der Waals surface area contributed by atoms with E-state index in [0.29, 0.717) is 6.61 Å². The molecule has 0 radical (unpaired) electrons. The standard InChI is InChI=1S/C16H20N2O2S/c1-19-14-3-2-4-15(9-14)20-8-7-16-18-13(11-21-16)10-17-12-5-6-12/h2-4,9,11-12,17H,5-8,10H2,1H3. The molecule has 2 aromatic rings. The van der Waals surface area contributed by atoms with Crippen LogP contribution in [-0.4, -0.2) is 24.7 Å². The van der Waals surface area contributed by atoms with E-state index in [1.165, 1.54) is 12.8 Å². The minimum Gasteiger partial charge on any atom is -0.497 e. The largest absolute Gasteiger partial charge is 0.497 e. The summed E-state index contributed by atoms with van der Waals surface area (Å²) in [5.41, 5.74) is 1.14. The Bertz CT molecular complexity index is 581. The van der Waals surface area contributed by atoms with Gasteiger partial charge in [-0.3, -0.25) is 0 Å². The highest BCUT2D eigenvalue weighted by Gasteiger charge is 2.20. The van der Waals surface area contributed by atoms with Crippen LogP contribution in [0.5, 0.6) is 11.5 Å². The molecule has 1 heterocycles. The molecule has 0 amide bonds. The maximum atomic E-state index is 5.74. The molecule has 4 nitrogen and oxygen atoms in total. The molecule has 1 aliphatic rings. The van der Waals surface area contributed by atoms with Gasteiger partial charge in [0.2, 0.25) is 0 Å². The monoisotopic (exact) mass is 304 g/mol.